The second kappa shape index (κ2) is 4.06. The van der Waals surface area contributed by atoms with Crippen LogP contribution in [0.4, 0.5) is 10.1 Å². The summed E-state index contributed by atoms with van der Waals surface area (Å²) in [5.41, 5.74) is 6.82. The molecule has 1 fully saturated rings. The average Bonchev–Trinajstić information content (AvgIpc) is 2.23. The summed E-state index contributed by atoms with van der Waals surface area (Å²) in [6.07, 6.45) is 2.19. The van der Waals surface area contributed by atoms with Crippen LogP contribution in [-0.2, 0) is 0 Å². The van der Waals surface area contributed by atoms with E-state index < -0.39 is 0 Å². The Bertz CT molecular complexity index is 372. The van der Waals surface area contributed by atoms with Crippen molar-refractivity contribution in [1.29, 1.82) is 0 Å². The molecule has 3 heteroatoms. The van der Waals surface area contributed by atoms with Gasteiger partial charge in [-0.3, -0.25) is 0 Å². The van der Waals surface area contributed by atoms with Crippen LogP contribution >= 0.6 is 0 Å². The van der Waals surface area contributed by atoms with Crippen molar-refractivity contribution in [3.05, 3.63) is 30.1 Å². The number of benzene rings is 1. The van der Waals surface area contributed by atoms with Gasteiger partial charge in [-0.1, -0.05) is 13.0 Å². The molecule has 0 amide bonds. The lowest BCUT2D eigenvalue weighted by Gasteiger charge is -2.52. The maximum atomic E-state index is 13.2. The van der Waals surface area contributed by atoms with Gasteiger partial charge in [-0.2, -0.15) is 0 Å². The largest absolute Gasteiger partial charge is 0.368 e. The molecule has 2 nitrogen and oxygen atoms in total. The Hall–Kier alpha value is -1.09. The van der Waals surface area contributed by atoms with E-state index in [4.69, 9.17) is 5.73 Å². The van der Waals surface area contributed by atoms with Gasteiger partial charge in [0.25, 0.3) is 0 Å². The van der Waals surface area contributed by atoms with Gasteiger partial charge in [-0.25, -0.2) is 4.39 Å². The van der Waals surface area contributed by atoms with Gasteiger partial charge in [-0.05, 0) is 37.0 Å². The summed E-state index contributed by atoms with van der Waals surface area (Å²) >= 11 is 0. The molecule has 0 spiro atoms. The molecule has 0 aliphatic heterocycles. The second-order valence-electron chi connectivity index (χ2n) is 4.98. The lowest BCUT2D eigenvalue weighted by Crippen LogP contribution is -2.60. The molecule has 1 aromatic carbocycles. The Balaban J connectivity index is 2.21. The smallest absolute Gasteiger partial charge is 0.125 e. The van der Waals surface area contributed by atoms with Gasteiger partial charge in [0.2, 0.25) is 0 Å². The number of halogens is 1. The van der Waals surface area contributed by atoms with Crippen LogP contribution in [0.5, 0.6) is 0 Å². The van der Waals surface area contributed by atoms with Gasteiger partial charge in [-0.15, -0.1) is 0 Å². The Morgan fingerprint density at radius 3 is 2.69 bits per heavy atom. The van der Waals surface area contributed by atoms with E-state index in [2.05, 4.69) is 11.8 Å². The molecule has 2 rings (SSSR count). The van der Waals surface area contributed by atoms with Crippen molar-refractivity contribution in [3.8, 4) is 0 Å². The molecule has 0 aromatic heterocycles. The monoisotopic (exact) mass is 222 g/mol. The zero-order valence-corrected chi connectivity index (χ0v) is 9.91. The lowest BCUT2D eigenvalue weighted by molar-refractivity contribution is 0.163. The van der Waals surface area contributed by atoms with Crippen molar-refractivity contribution in [2.75, 3.05) is 18.5 Å². The molecular weight excluding hydrogens is 203 g/mol. The highest BCUT2D eigenvalue weighted by Crippen LogP contribution is 2.42. The maximum absolute atomic E-state index is 13.2. The predicted octanol–water partition coefficient (Wildman–Crippen LogP) is 2.39. The molecule has 0 bridgehead atoms. The predicted molar refractivity (Wildman–Crippen MR) is 65.0 cm³/mol. The van der Waals surface area contributed by atoms with Crippen molar-refractivity contribution >= 4 is 5.69 Å². The normalized spacial score (nSPS) is 28.6. The summed E-state index contributed by atoms with van der Waals surface area (Å²) in [4.78, 5) is 2.13. The van der Waals surface area contributed by atoms with E-state index in [-0.39, 0.29) is 11.4 Å². The first-order valence-electron chi connectivity index (χ1n) is 5.77. The highest BCUT2D eigenvalue weighted by molar-refractivity contribution is 5.49. The summed E-state index contributed by atoms with van der Waals surface area (Å²) in [7, 11) is 2.01. The fourth-order valence-electron chi connectivity index (χ4n) is 2.77. The van der Waals surface area contributed by atoms with Gasteiger partial charge in [0.15, 0.2) is 0 Å². The number of nitrogens with two attached hydrogens (primary N) is 1. The highest BCUT2D eigenvalue weighted by atomic mass is 19.1. The minimum absolute atomic E-state index is 0.0349. The first-order chi connectivity index (χ1) is 7.57. The molecule has 1 aliphatic carbocycles. The number of hydrogen-bond acceptors (Lipinski definition) is 2. The third-order valence-corrected chi connectivity index (χ3v) is 3.74. The fraction of sp³-hybridized carbons (Fsp3) is 0.538. The van der Waals surface area contributed by atoms with Crippen LogP contribution in [0.3, 0.4) is 0 Å². The van der Waals surface area contributed by atoms with Gasteiger partial charge in [0.05, 0.1) is 5.54 Å². The quantitative estimate of drug-likeness (QED) is 0.851. The summed E-state index contributed by atoms with van der Waals surface area (Å²) in [6, 6.07) is 6.72. The van der Waals surface area contributed by atoms with Crippen LogP contribution in [0.1, 0.15) is 19.8 Å². The van der Waals surface area contributed by atoms with Crippen LogP contribution < -0.4 is 10.6 Å². The Labute approximate surface area is 96.2 Å². The molecule has 0 unspecified atom stereocenters. The molecule has 88 valence electrons. The Morgan fingerprint density at radius 2 is 2.19 bits per heavy atom. The molecule has 1 saturated carbocycles. The standard InChI is InChI=1S/C13H19FN2/c1-10-7-13(8-10,9-15)16(2)12-5-3-4-11(14)6-12/h3-6,10H,7-9,15H2,1-2H3. The van der Waals surface area contributed by atoms with E-state index in [1.165, 1.54) is 6.07 Å². The molecule has 1 aromatic rings. The minimum atomic E-state index is -0.191. The molecule has 0 saturated heterocycles. The van der Waals surface area contributed by atoms with Crippen molar-refractivity contribution < 1.29 is 4.39 Å². The molecular formula is C13H19FN2. The molecule has 0 radical (unpaired) electrons. The van der Waals surface area contributed by atoms with Crippen molar-refractivity contribution in [1.82, 2.24) is 0 Å². The van der Waals surface area contributed by atoms with E-state index in [1.807, 2.05) is 13.1 Å². The maximum Gasteiger partial charge on any atom is 0.125 e. The van der Waals surface area contributed by atoms with Crippen LogP contribution in [-0.4, -0.2) is 19.1 Å². The first kappa shape index (κ1) is 11.4. The fourth-order valence-corrected chi connectivity index (χ4v) is 2.77. The lowest BCUT2D eigenvalue weighted by atomic mass is 9.68. The Morgan fingerprint density at radius 1 is 1.50 bits per heavy atom. The van der Waals surface area contributed by atoms with Gasteiger partial charge in [0, 0.05) is 19.3 Å². The molecule has 16 heavy (non-hydrogen) atoms. The summed E-state index contributed by atoms with van der Waals surface area (Å²) < 4.78 is 13.2. The van der Waals surface area contributed by atoms with Crippen LogP contribution in [0.2, 0.25) is 0 Å². The molecule has 1 aliphatic rings. The summed E-state index contributed by atoms with van der Waals surface area (Å²) in [5, 5.41) is 0. The zero-order chi connectivity index (χ0) is 11.8. The van der Waals surface area contributed by atoms with Crippen molar-refractivity contribution in [2.45, 2.75) is 25.3 Å². The van der Waals surface area contributed by atoms with E-state index in [1.54, 1.807) is 12.1 Å². The van der Waals surface area contributed by atoms with Gasteiger partial charge in [0.1, 0.15) is 5.82 Å². The van der Waals surface area contributed by atoms with Crippen molar-refractivity contribution in [2.24, 2.45) is 11.7 Å². The average molecular weight is 222 g/mol. The second-order valence-corrected chi connectivity index (χ2v) is 4.98. The third-order valence-electron chi connectivity index (χ3n) is 3.74. The highest BCUT2D eigenvalue weighted by Gasteiger charge is 2.44. The Kier molecular flexibility index (Phi) is 2.89. The number of likely N-dealkylation sites (N-methyl/N-ethyl adjacent to an activating group) is 1. The molecule has 0 atom stereocenters. The van der Waals surface area contributed by atoms with E-state index >= 15 is 0 Å². The summed E-state index contributed by atoms with van der Waals surface area (Å²) in [5.74, 6) is 0.531. The minimum Gasteiger partial charge on any atom is -0.368 e. The van der Waals surface area contributed by atoms with Crippen LogP contribution in [0.25, 0.3) is 0 Å². The molecule has 2 N–H and O–H groups in total. The number of rotatable bonds is 3. The zero-order valence-electron chi connectivity index (χ0n) is 9.91. The van der Waals surface area contributed by atoms with Crippen LogP contribution in [0, 0.1) is 11.7 Å². The summed E-state index contributed by atoms with van der Waals surface area (Å²) in [6.45, 7) is 2.86. The number of nitrogens with zero attached hydrogens (tertiary/aromatic N) is 1. The molecule has 0 heterocycles. The number of anilines is 1. The van der Waals surface area contributed by atoms with Gasteiger partial charge >= 0.3 is 0 Å². The van der Waals surface area contributed by atoms with E-state index in [0.29, 0.717) is 6.54 Å². The van der Waals surface area contributed by atoms with Gasteiger partial charge < -0.3 is 10.6 Å². The SMILES string of the molecule is CC1CC(CN)(N(C)c2cccc(F)c2)C1. The van der Waals surface area contributed by atoms with E-state index in [0.717, 1.165) is 24.4 Å². The third kappa shape index (κ3) is 1.80. The number of hydrogen-bond donors (Lipinski definition) is 1. The van der Waals surface area contributed by atoms with E-state index in [9.17, 15) is 4.39 Å². The van der Waals surface area contributed by atoms with Crippen LogP contribution in [0.15, 0.2) is 24.3 Å². The first-order valence-corrected chi connectivity index (χ1v) is 5.77. The topological polar surface area (TPSA) is 29.3 Å². The van der Waals surface area contributed by atoms with Crippen molar-refractivity contribution in [3.63, 3.8) is 0 Å².